The molecule has 4 aliphatic heterocycles. The molecule has 2 saturated heterocycles. The number of thioether (sulfide) groups is 1. The highest BCUT2D eigenvalue weighted by molar-refractivity contribution is 8.02. The monoisotopic (exact) mass is 481 g/mol. The molecule has 4 aliphatic rings. The first-order chi connectivity index (χ1) is 16.2. The summed E-state index contributed by atoms with van der Waals surface area (Å²) in [4.78, 5) is 46.9. The Morgan fingerprint density at radius 1 is 1.03 bits per heavy atom. The summed E-state index contributed by atoms with van der Waals surface area (Å²) in [6, 6.07) is 8.75. The Kier molecular flexibility index (Phi) is 5.64. The van der Waals surface area contributed by atoms with Crippen molar-refractivity contribution >= 4 is 35.2 Å². The van der Waals surface area contributed by atoms with E-state index in [0.717, 1.165) is 5.69 Å². The molecule has 7 nitrogen and oxygen atoms in total. The Morgan fingerprint density at radius 2 is 1.76 bits per heavy atom. The number of para-hydroxylation sites is 1. The van der Waals surface area contributed by atoms with Gasteiger partial charge in [-0.05, 0) is 32.9 Å². The van der Waals surface area contributed by atoms with E-state index >= 15 is 0 Å². The van der Waals surface area contributed by atoms with E-state index in [1.807, 2.05) is 75.4 Å². The third-order valence-electron chi connectivity index (χ3n) is 7.38. The number of rotatable bonds is 3. The van der Waals surface area contributed by atoms with Crippen molar-refractivity contribution in [3.8, 4) is 0 Å². The Balaban J connectivity index is 1.61. The smallest absolute Gasteiger partial charge is 0.247 e. The Bertz CT molecular complexity index is 1070. The van der Waals surface area contributed by atoms with Gasteiger partial charge >= 0.3 is 0 Å². The molecule has 0 aromatic heterocycles. The number of aliphatic hydroxyl groups excluding tert-OH is 1. The molecule has 2 fully saturated rings. The normalized spacial score (nSPS) is 33.1. The van der Waals surface area contributed by atoms with Gasteiger partial charge in [-0.2, -0.15) is 0 Å². The number of carbonyl (C=O) groups excluding carboxylic acids is 3. The average molecular weight is 482 g/mol. The largest absolute Gasteiger partial charge is 0.395 e. The fraction of sp³-hybridized carbons (Fsp3) is 0.500. The number of anilines is 1. The Hall–Kier alpha value is -2.58. The van der Waals surface area contributed by atoms with Crippen LogP contribution in [0.5, 0.6) is 0 Å². The van der Waals surface area contributed by atoms with Crippen LogP contribution in [-0.2, 0) is 14.4 Å². The van der Waals surface area contributed by atoms with E-state index in [1.165, 1.54) is 4.90 Å². The van der Waals surface area contributed by atoms with Gasteiger partial charge in [0, 0.05) is 36.1 Å². The molecule has 8 heteroatoms. The van der Waals surface area contributed by atoms with Crippen molar-refractivity contribution in [1.29, 1.82) is 0 Å². The van der Waals surface area contributed by atoms with Gasteiger partial charge in [0.2, 0.25) is 17.7 Å². The SMILES string of the molecule is CC(C)(C)N1CC=C[C@]23S[C@@H]4C=CCN(c5ccccc5)C(=O)[C@@H]4[C@H]2C(=O)N(CCO)C3C1=O. The summed E-state index contributed by atoms with van der Waals surface area (Å²) in [5.41, 5.74) is 0.371. The first kappa shape index (κ1) is 23.2. The van der Waals surface area contributed by atoms with Gasteiger partial charge in [-0.15, -0.1) is 11.8 Å². The number of β-amino-alcohol motifs (C(OH)–C–C–N with tert-alkyl or cyclic N) is 1. The molecule has 1 aromatic carbocycles. The van der Waals surface area contributed by atoms with Crippen LogP contribution in [0.15, 0.2) is 54.6 Å². The van der Waals surface area contributed by atoms with Gasteiger partial charge in [-0.25, -0.2) is 0 Å². The van der Waals surface area contributed by atoms with Crippen molar-refractivity contribution in [1.82, 2.24) is 9.80 Å². The number of carbonyl (C=O) groups is 3. The maximum atomic E-state index is 14.0. The van der Waals surface area contributed by atoms with Crippen LogP contribution < -0.4 is 4.90 Å². The molecule has 5 atom stereocenters. The summed E-state index contributed by atoms with van der Waals surface area (Å²) < 4.78 is -0.849. The van der Waals surface area contributed by atoms with E-state index in [-0.39, 0.29) is 36.1 Å². The quantitative estimate of drug-likeness (QED) is 0.669. The van der Waals surface area contributed by atoms with Gasteiger partial charge in [0.1, 0.15) is 6.04 Å². The third kappa shape index (κ3) is 3.33. The molecule has 1 unspecified atom stereocenters. The molecule has 0 bridgehead atoms. The van der Waals surface area contributed by atoms with Gasteiger partial charge < -0.3 is 19.8 Å². The standard InChI is InChI=1S/C26H31N3O4S/c1-25(2,3)29-14-8-12-26-20(23(32)28(15-16-30)21(26)24(29)33)19-18(34-26)11-7-13-27(22(19)31)17-9-5-4-6-10-17/h4-12,18-21,30H,13-16H2,1-3H3/t18-,19+,20+,21?,26+/m1/s1. The number of benzene rings is 1. The highest BCUT2D eigenvalue weighted by Gasteiger charge is 2.71. The van der Waals surface area contributed by atoms with Crippen molar-refractivity contribution < 1.29 is 19.5 Å². The molecule has 1 spiro atoms. The lowest BCUT2D eigenvalue weighted by atomic mass is 9.78. The molecule has 3 amide bonds. The predicted molar refractivity (Wildman–Crippen MR) is 132 cm³/mol. The number of hydrogen-bond donors (Lipinski definition) is 1. The highest BCUT2D eigenvalue weighted by Crippen LogP contribution is 2.61. The number of amides is 3. The molecule has 180 valence electrons. The van der Waals surface area contributed by atoms with Gasteiger partial charge in [0.25, 0.3) is 0 Å². The summed E-state index contributed by atoms with van der Waals surface area (Å²) in [6.07, 6.45) is 8.02. The zero-order chi connectivity index (χ0) is 24.3. The molecule has 1 N–H and O–H groups in total. The van der Waals surface area contributed by atoms with E-state index < -0.39 is 28.2 Å². The highest BCUT2D eigenvalue weighted by atomic mass is 32.2. The van der Waals surface area contributed by atoms with Crippen LogP contribution in [0, 0.1) is 11.8 Å². The predicted octanol–water partition coefficient (Wildman–Crippen LogP) is 2.08. The third-order valence-corrected chi connectivity index (χ3v) is 9.12. The van der Waals surface area contributed by atoms with Gasteiger partial charge in [0.15, 0.2) is 0 Å². The van der Waals surface area contributed by atoms with Gasteiger partial charge in [-0.1, -0.05) is 42.5 Å². The van der Waals surface area contributed by atoms with Gasteiger partial charge in [-0.3, -0.25) is 14.4 Å². The molecule has 0 saturated carbocycles. The molecule has 1 aromatic rings. The summed E-state index contributed by atoms with van der Waals surface area (Å²) >= 11 is 1.56. The average Bonchev–Trinajstić information content (AvgIpc) is 3.09. The van der Waals surface area contributed by atoms with Crippen LogP contribution in [0.4, 0.5) is 5.69 Å². The number of likely N-dealkylation sites (tertiary alicyclic amines) is 1. The number of nitrogens with zero attached hydrogens (tertiary/aromatic N) is 3. The van der Waals surface area contributed by atoms with E-state index in [1.54, 1.807) is 21.6 Å². The second-order valence-electron chi connectivity index (χ2n) is 10.3. The topological polar surface area (TPSA) is 81.2 Å². The van der Waals surface area contributed by atoms with Crippen LogP contribution >= 0.6 is 11.8 Å². The minimum Gasteiger partial charge on any atom is -0.395 e. The van der Waals surface area contributed by atoms with E-state index in [9.17, 15) is 19.5 Å². The second-order valence-corrected chi connectivity index (χ2v) is 11.8. The maximum absolute atomic E-state index is 14.0. The first-order valence-corrected chi connectivity index (χ1v) is 12.7. The molecule has 5 rings (SSSR count). The Morgan fingerprint density at radius 3 is 2.44 bits per heavy atom. The molecule has 34 heavy (non-hydrogen) atoms. The van der Waals surface area contributed by atoms with Crippen molar-refractivity contribution in [2.24, 2.45) is 11.8 Å². The first-order valence-electron chi connectivity index (χ1n) is 11.8. The van der Waals surface area contributed by atoms with Crippen LogP contribution in [0.25, 0.3) is 0 Å². The number of aliphatic hydroxyl groups is 1. The summed E-state index contributed by atoms with van der Waals surface area (Å²) in [6.45, 7) is 6.68. The zero-order valence-corrected chi connectivity index (χ0v) is 20.6. The second kappa shape index (κ2) is 8.27. The van der Waals surface area contributed by atoms with E-state index in [2.05, 4.69) is 0 Å². The minimum atomic E-state index is -0.849. The van der Waals surface area contributed by atoms with E-state index in [0.29, 0.717) is 13.1 Å². The number of hydrogen-bond acceptors (Lipinski definition) is 5. The summed E-state index contributed by atoms with van der Waals surface area (Å²) in [5.74, 6) is -1.68. The molecule has 0 radical (unpaired) electrons. The van der Waals surface area contributed by atoms with Crippen LogP contribution in [0.1, 0.15) is 20.8 Å². The lowest BCUT2D eigenvalue weighted by Crippen LogP contribution is -2.57. The Labute approximate surface area is 204 Å². The molecular weight excluding hydrogens is 450 g/mol. The summed E-state index contributed by atoms with van der Waals surface area (Å²) in [5, 5.41) is 9.57. The van der Waals surface area contributed by atoms with Crippen molar-refractivity contribution in [3.05, 3.63) is 54.6 Å². The summed E-state index contributed by atoms with van der Waals surface area (Å²) in [7, 11) is 0. The van der Waals surface area contributed by atoms with Gasteiger partial charge in [0.05, 0.1) is 23.2 Å². The molecule has 0 aliphatic carbocycles. The lowest BCUT2D eigenvalue weighted by Gasteiger charge is -2.40. The zero-order valence-electron chi connectivity index (χ0n) is 19.8. The minimum absolute atomic E-state index is 0.0731. The lowest BCUT2D eigenvalue weighted by molar-refractivity contribution is -0.145. The van der Waals surface area contributed by atoms with Crippen molar-refractivity contribution in [3.63, 3.8) is 0 Å². The fourth-order valence-corrected chi connectivity index (χ4v) is 7.93. The van der Waals surface area contributed by atoms with Crippen LogP contribution in [0.3, 0.4) is 0 Å². The van der Waals surface area contributed by atoms with Crippen molar-refractivity contribution in [2.45, 2.75) is 42.3 Å². The fourth-order valence-electron chi connectivity index (χ4n) is 5.93. The number of fused-ring (bicyclic) bond motifs is 2. The van der Waals surface area contributed by atoms with Crippen molar-refractivity contribution in [2.75, 3.05) is 31.1 Å². The van der Waals surface area contributed by atoms with E-state index in [4.69, 9.17) is 0 Å². The molecular formula is C26H31N3O4S. The van der Waals surface area contributed by atoms with Crippen LogP contribution in [0.2, 0.25) is 0 Å². The molecule has 4 heterocycles. The van der Waals surface area contributed by atoms with Crippen LogP contribution in [-0.4, -0.2) is 80.4 Å². The maximum Gasteiger partial charge on any atom is 0.247 e.